The van der Waals surface area contributed by atoms with Crippen molar-refractivity contribution in [3.8, 4) is 11.5 Å². The van der Waals surface area contributed by atoms with E-state index in [0.29, 0.717) is 36.6 Å². The summed E-state index contributed by atoms with van der Waals surface area (Å²) in [6.07, 6.45) is 2.24. The van der Waals surface area contributed by atoms with Gasteiger partial charge in [-0.05, 0) is 53.6 Å². The SMILES string of the molecule is COc1ccc(CC(=O)N2CCC[C@H](COc3cccc4c3C(N)=NS(O)(O)N4)C2)cc1. The van der Waals surface area contributed by atoms with E-state index in [2.05, 4.69) is 9.12 Å². The van der Waals surface area contributed by atoms with E-state index in [0.717, 1.165) is 30.7 Å². The van der Waals surface area contributed by atoms with Crippen molar-refractivity contribution < 1.29 is 23.4 Å². The highest BCUT2D eigenvalue weighted by atomic mass is 32.3. The third-order valence-electron chi connectivity index (χ3n) is 5.62. The summed E-state index contributed by atoms with van der Waals surface area (Å²) < 4.78 is 37.1. The Morgan fingerprint density at radius 2 is 2.06 bits per heavy atom. The summed E-state index contributed by atoms with van der Waals surface area (Å²) in [5.41, 5.74) is 7.89. The lowest BCUT2D eigenvalue weighted by Crippen LogP contribution is -2.42. The van der Waals surface area contributed by atoms with Crippen molar-refractivity contribution in [2.75, 3.05) is 31.5 Å². The van der Waals surface area contributed by atoms with E-state index in [4.69, 9.17) is 15.2 Å². The number of amides is 1. The normalized spacial score (nSPS) is 20.4. The van der Waals surface area contributed by atoms with Crippen LogP contribution in [-0.2, 0) is 11.2 Å². The highest BCUT2D eigenvalue weighted by molar-refractivity contribution is 8.24. The van der Waals surface area contributed by atoms with Crippen molar-refractivity contribution in [3.63, 3.8) is 0 Å². The van der Waals surface area contributed by atoms with Gasteiger partial charge in [-0.3, -0.25) is 18.6 Å². The molecule has 5 N–H and O–H groups in total. The molecular weight excluding hydrogens is 432 g/mol. The van der Waals surface area contributed by atoms with E-state index >= 15 is 0 Å². The number of rotatable bonds is 6. The second-order valence-electron chi connectivity index (χ2n) is 7.96. The van der Waals surface area contributed by atoms with Crippen LogP contribution < -0.4 is 19.9 Å². The quantitative estimate of drug-likeness (QED) is 0.521. The smallest absolute Gasteiger partial charge is 0.227 e. The molecule has 0 radical (unpaired) electrons. The number of methoxy groups -OCH3 is 1. The number of nitrogens with one attached hydrogen (secondary N) is 1. The first-order chi connectivity index (χ1) is 15.3. The van der Waals surface area contributed by atoms with Gasteiger partial charge in [-0.25, -0.2) is 0 Å². The minimum atomic E-state index is -3.34. The van der Waals surface area contributed by atoms with Crippen LogP contribution in [-0.4, -0.2) is 52.6 Å². The maximum atomic E-state index is 12.8. The highest BCUT2D eigenvalue weighted by Crippen LogP contribution is 2.46. The molecule has 2 aliphatic heterocycles. The Labute approximate surface area is 188 Å². The van der Waals surface area contributed by atoms with Gasteiger partial charge in [-0.15, -0.1) is 4.40 Å². The van der Waals surface area contributed by atoms with Gasteiger partial charge in [-0.1, -0.05) is 18.2 Å². The van der Waals surface area contributed by atoms with Crippen LogP contribution in [0.1, 0.15) is 24.0 Å². The number of hydrogen-bond donors (Lipinski definition) is 4. The van der Waals surface area contributed by atoms with Gasteiger partial charge < -0.3 is 20.1 Å². The molecule has 0 aliphatic carbocycles. The molecule has 2 heterocycles. The Balaban J connectivity index is 1.36. The average Bonchev–Trinajstić information content (AvgIpc) is 2.77. The van der Waals surface area contributed by atoms with Gasteiger partial charge in [0.15, 0.2) is 5.84 Å². The van der Waals surface area contributed by atoms with Crippen LogP contribution in [0.3, 0.4) is 0 Å². The molecule has 1 atom stereocenters. The lowest BCUT2D eigenvalue weighted by atomic mass is 9.98. The fourth-order valence-electron chi connectivity index (χ4n) is 4.02. The predicted molar refractivity (Wildman–Crippen MR) is 125 cm³/mol. The van der Waals surface area contributed by atoms with Crippen molar-refractivity contribution in [1.82, 2.24) is 4.90 Å². The maximum Gasteiger partial charge on any atom is 0.227 e. The number of fused-ring (bicyclic) bond motifs is 1. The van der Waals surface area contributed by atoms with E-state index in [-0.39, 0.29) is 17.7 Å². The van der Waals surface area contributed by atoms with Crippen LogP contribution in [0, 0.1) is 5.92 Å². The molecule has 0 spiro atoms. The lowest BCUT2D eigenvalue weighted by Gasteiger charge is -2.34. The van der Waals surface area contributed by atoms with Crippen LogP contribution >= 0.6 is 11.0 Å². The minimum absolute atomic E-state index is 0.0225. The second-order valence-corrected chi connectivity index (χ2v) is 9.38. The van der Waals surface area contributed by atoms with Gasteiger partial charge >= 0.3 is 0 Å². The van der Waals surface area contributed by atoms with Gasteiger partial charge in [0.2, 0.25) is 5.91 Å². The van der Waals surface area contributed by atoms with E-state index in [9.17, 15) is 13.9 Å². The first-order valence-electron chi connectivity index (χ1n) is 10.4. The fourth-order valence-corrected chi connectivity index (χ4v) is 4.90. The summed E-state index contributed by atoms with van der Waals surface area (Å²) in [6.45, 7) is 1.80. The molecule has 4 rings (SSSR count). The Kier molecular flexibility index (Phi) is 6.45. The van der Waals surface area contributed by atoms with Crippen LogP contribution in [0.5, 0.6) is 11.5 Å². The molecule has 2 aliphatic rings. The molecule has 2 aromatic carbocycles. The van der Waals surface area contributed by atoms with E-state index in [1.54, 1.807) is 25.3 Å². The molecular formula is C22H28N4O5S. The fraction of sp³-hybridized carbons (Fsp3) is 0.364. The summed E-state index contributed by atoms with van der Waals surface area (Å²) in [5, 5.41) is 0. The second kappa shape index (κ2) is 9.27. The topological polar surface area (TPSA) is 130 Å². The number of hydrogen-bond acceptors (Lipinski definition) is 8. The first-order valence-corrected chi connectivity index (χ1v) is 11.9. The Morgan fingerprint density at radius 3 is 2.81 bits per heavy atom. The van der Waals surface area contributed by atoms with Crippen molar-refractivity contribution in [2.45, 2.75) is 19.3 Å². The Bertz CT molecular complexity index is 1010. The van der Waals surface area contributed by atoms with Crippen molar-refractivity contribution in [2.24, 2.45) is 16.0 Å². The highest BCUT2D eigenvalue weighted by Gasteiger charge is 2.27. The zero-order valence-corrected chi connectivity index (χ0v) is 18.7. The molecule has 32 heavy (non-hydrogen) atoms. The van der Waals surface area contributed by atoms with Crippen molar-refractivity contribution in [3.05, 3.63) is 53.6 Å². The first kappa shape index (κ1) is 22.3. The number of benzene rings is 2. The van der Waals surface area contributed by atoms with E-state index < -0.39 is 11.0 Å². The summed E-state index contributed by atoms with van der Waals surface area (Å²) in [6, 6.07) is 12.8. The predicted octanol–water partition coefficient (Wildman–Crippen LogP) is 3.27. The molecule has 1 saturated heterocycles. The molecule has 172 valence electrons. The number of carbonyl (C=O) groups excluding carboxylic acids is 1. The molecule has 0 saturated carbocycles. The molecule has 1 fully saturated rings. The third kappa shape index (κ3) is 5.09. The third-order valence-corrected chi connectivity index (χ3v) is 6.56. The van der Waals surface area contributed by atoms with Crippen molar-refractivity contribution in [1.29, 1.82) is 0 Å². The monoisotopic (exact) mass is 460 g/mol. The number of nitrogens with zero attached hydrogens (tertiary/aromatic N) is 2. The van der Waals surface area contributed by atoms with Crippen LogP contribution in [0.4, 0.5) is 5.69 Å². The van der Waals surface area contributed by atoms with Gasteiger partial charge in [0.1, 0.15) is 11.5 Å². The summed E-state index contributed by atoms with van der Waals surface area (Å²) in [5.74, 6) is 1.60. The number of carbonyl (C=O) groups is 1. The zero-order chi connectivity index (χ0) is 22.7. The Hall–Kier alpha value is -2.95. The van der Waals surface area contributed by atoms with Gasteiger partial charge in [0, 0.05) is 19.0 Å². The van der Waals surface area contributed by atoms with Crippen LogP contribution in [0.15, 0.2) is 46.9 Å². The average molecular weight is 461 g/mol. The minimum Gasteiger partial charge on any atom is -0.497 e. The number of ether oxygens (including phenoxy) is 2. The summed E-state index contributed by atoms with van der Waals surface area (Å²) in [7, 11) is -1.72. The van der Waals surface area contributed by atoms with E-state index in [1.807, 2.05) is 29.2 Å². The number of nitrogens with two attached hydrogens (primary N) is 1. The number of anilines is 1. The summed E-state index contributed by atoms with van der Waals surface area (Å²) in [4.78, 5) is 14.7. The van der Waals surface area contributed by atoms with Gasteiger partial charge in [0.05, 0.1) is 31.4 Å². The number of likely N-dealkylation sites (tertiary alicyclic amines) is 1. The molecule has 2 aromatic rings. The van der Waals surface area contributed by atoms with E-state index in [1.165, 1.54) is 0 Å². The molecule has 1 amide bonds. The molecule has 10 heteroatoms. The lowest BCUT2D eigenvalue weighted by molar-refractivity contribution is -0.132. The van der Waals surface area contributed by atoms with Crippen LogP contribution in [0.2, 0.25) is 0 Å². The number of piperidine rings is 1. The molecule has 0 bridgehead atoms. The standard InChI is InChI=1S/C22H28N4O5S/c1-30-17-9-7-15(8-10-17)12-20(27)26-11-3-4-16(13-26)14-31-19-6-2-5-18-21(19)22(23)25-32(28,29)24-18/h2,5-10,16,24,28-29H,3-4,11-14H2,1H3,(H2,23,25)/t16-/m0/s1. The molecule has 0 unspecified atom stereocenters. The van der Waals surface area contributed by atoms with Crippen LogP contribution in [0.25, 0.3) is 0 Å². The molecule has 0 aromatic heterocycles. The van der Waals surface area contributed by atoms with Gasteiger partial charge in [0.25, 0.3) is 0 Å². The van der Waals surface area contributed by atoms with Gasteiger partial charge in [-0.2, -0.15) is 0 Å². The Morgan fingerprint density at radius 1 is 1.28 bits per heavy atom. The molecule has 9 nitrogen and oxygen atoms in total. The largest absolute Gasteiger partial charge is 0.497 e. The number of amidine groups is 1. The zero-order valence-electron chi connectivity index (χ0n) is 17.9. The maximum absolute atomic E-state index is 12.8. The van der Waals surface area contributed by atoms with Crippen molar-refractivity contribution >= 4 is 28.4 Å². The summed E-state index contributed by atoms with van der Waals surface area (Å²) >= 11 is 0.